The fraction of sp³-hybridized carbons (Fsp3) is 0.462. The number of nitrogens with zero attached hydrogens (tertiary/aromatic N) is 2. The van der Waals surface area contributed by atoms with E-state index in [1.54, 1.807) is 12.1 Å². The van der Waals surface area contributed by atoms with E-state index in [1.165, 1.54) is 0 Å². The summed E-state index contributed by atoms with van der Waals surface area (Å²) in [5, 5.41) is 4.13. The Balaban J connectivity index is 1.56. The first-order valence-electron chi connectivity index (χ1n) is 11.5. The molecule has 0 aromatic heterocycles. The van der Waals surface area contributed by atoms with Crippen molar-refractivity contribution in [3.63, 3.8) is 0 Å². The van der Waals surface area contributed by atoms with Gasteiger partial charge in [-0.3, -0.25) is 9.59 Å². The van der Waals surface area contributed by atoms with Gasteiger partial charge in [-0.2, -0.15) is 0 Å². The SMILES string of the molecule is Cc1ccc(CC(NC(=O)C2(c3ccc(Cl)cc3Cl)CC2)C(=O)N(C)C2CCN(C)C2)cc1. The predicted molar refractivity (Wildman–Crippen MR) is 133 cm³/mol. The lowest BCUT2D eigenvalue weighted by Crippen LogP contribution is -2.53. The Kier molecular flexibility index (Phi) is 7.04. The van der Waals surface area contributed by atoms with Crippen molar-refractivity contribution in [3.8, 4) is 0 Å². The lowest BCUT2D eigenvalue weighted by atomic mass is 9.93. The van der Waals surface area contributed by atoms with Crippen LogP contribution in [-0.4, -0.2) is 60.9 Å². The predicted octanol–water partition coefficient (Wildman–Crippen LogP) is 4.22. The van der Waals surface area contributed by atoms with Crippen LogP contribution in [-0.2, 0) is 21.4 Å². The fourth-order valence-corrected chi connectivity index (χ4v) is 5.32. The van der Waals surface area contributed by atoms with E-state index in [9.17, 15) is 9.59 Å². The van der Waals surface area contributed by atoms with E-state index >= 15 is 0 Å². The number of carbonyl (C=O) groups excluding carboxylic acids is 2. The second kappa shape index (κ2) is 9.65. The lowest BCUT2D eigenvalue weighted by Gasteiger charge is -2.30. The minimum Gasteiger partial charge on any atom is -0.343 e. The van der Waals surface area contributed by atoms with Crippen LogP contribution in [0.3, 0.4) is 0 Å². The number of benzene rings is 2. The van der Waals surface area contributed by atoms with Crippen molar-refractivity contribution in [3.05, 3.63) is 69.2 Å². The molecule has 2 aromatic rings. The zero-order valence-electron chi connectivity index (χ0n) is 19.4. The molecule has 1 aliphatic heterocycles. The second-order valence-corrected chi connectivity index (χ2v) is 10.4. The zero-order chi connectivity index (χ0) is 23.8. The first kappa shape index (κ1) is 24.1. The van der Waals surface area contributed by atoms with Crippen LogP contribution in [0.4, 0.5) is 0 Å². The van der Waals surface area contributed by atoms with Crippen molar-refractivity contribution >= 4 is 35.0 Å². The van der Waals surface area contributed by atoms with Crippen LogP contribution in [0.2, 0.25) is 10.0 Å². The number of amides is 2. The molecule has 2 unspecified atom stereocenters. The van der Waals surface area contributed by atoms with Gasteiger partial charge >= 0.3 is 0 Å². The number of hydrogen-bond acceptors (Lipinski definition) is 3. The summed E-state index contributed by atoms with van der Waals surface area (Å²) in [6, 6.07) is 12.9. The van der Waals surface area contributed by atoms with Crippen LogP contribution >= 0.6 is 23.2 Å². The Labute approximate surface area is 206 Å². The van der Waals surface area contributed by atoms with E-state index in [-0.39, 0.29) is 17.9 Å². The minimum absolute atomic E-state index is 0.0535. The van der Waals surface area contributed by atoms with Gasteiger partial charge < -0.3 is 15.1 Å². The van der Waals surface area contributed by atoms with Gasteiger partial charge in [0, 0.05) is 36.1 Å². The molecule has 5 nitrogen and oxygen atoms in total. The maximum Gasteiger partial charge on any atom is 0.245 e. The summed E-state index contributed by atoms with van der Waals surface area (Å²) in [6.07, 6.45) is 2.79. The van der Waals surface area contributed by atoms with Gasteiger partial charge in [0.2, 0.25) is 11.8 Å². The molecule has 2 amide bonds. The Morgan fingerprint density at radius 3 is 2.45 bits per heavy atom. The average molecular weight is 488 g/mol. The van der Waals surface area contributed by atoms with Gasteiger partial charge in [0.05, 0.1) is 5.41 Å². The number of rotatable bonds is 7. The van der Waals surface area contributed by atoms with Crippen LogP contribution in [0, 0.1) is 6.92 Å². The largest absolute Gasteiger partial charge is 0.343 e. The van der Waals surface area contributed by atoms with Crippen LogP contribution in [0.1, 0.15) is 36.0 Å². The summed E-state index contributed by atoms with van der Waals surface area (Å²) in [6.45, 7) is 3.85. The third-order valence-electron chi connectivity index (χ3n) is 7.06. The van der Waals surface area contributed by atoms with Gasteiger partial charge in [-0.1, -0.05) is 59.1 Å². The molecule has 1 saturated heterocycles. The van der Waals surface area contributed by atoms with Crippen molar-refractivity contribution in [2.75, 3.05) is 27.2 Å². The first-order chi connectivity index (χ1) is 15.7. The van der Waals surface area contributed by atoms with Gasteiger partial charge in [0.1, 0.15) is 6.04 Å². The quantitative estimate of drug-likeness (QED) is 0.635. The normalized spacial score (nSPS) is 20.3. The average Bonchev–Trinajstić information content (AvgIpc) is 3.47. The molecule has 0 bridgehead atoms. The molecule has 0 spiro atoms. The van der Waals surface area contributed by atoms with E-state index < -0.39 is 11.5 Å². The summed E-state index contributed by atoms with van der Waals surface area (Å²) in [5.41, 5.74) is 2.26. The molecule has 1 saturated carbocycles. The van der Waals surface area contributed by atoms with Crippen LogP contribution < -0.4 is 5.32 Å². The molecule has 1 aliphatic carbocycles. The molecule has 33 heavy (non-hydrogen) atoms. The van der Waals surface area contributed by atoms with Crippen molar-refractivity contribution in [2.24, 2.45) is 0 Å². The Hall–Kier alpha value is -2.08. The molecule has 2 fully saturated rings. The Bertz CT molecular complexity index is 1040. The first-order valence-corrected chi connectivity index (χ1v) is 12.2. The van der Waals surface area contributed by atoms with Crippen molar-refractivity contribution in [2.45, 2.75) is 50.1 Å². The van der Waals surface area contributed by atoms with Crippen LogP contribution in [0.5, 0.6) is 0 Å². The summed E-state index contributed by atoms with van der Waals surface area (Å²) >= 11 is 12.5. The van der Waals surface area contributed by atoms with Gasteiger partial charge in [-0.15, -0.1) is 0 Å². The highest BCUT2D eigenvalue weighted by atomic mass is 35.5. The van der Waals surface area contributed by atoms with Crippen molar-refractivity contribution < 1.29 is 9.59 Å². The molecule has 0 radical (unpaired) electrons. The summed E-state index contributed by atoms with van der Waals surface area (Å²) in [5.74, 6) is -0.198. The van der Waals surface area contributed by atoms with Crippen molar-refractivity contribution in [1.29, 1.82) is 0 Å². The number of likely N-dealkylation sites (N-methyl/N-ethyl adjacent to an activating group) is 2. The van der Waals surface area contributed by atoms with Gasteiger partial charge in [-0.05, 0) is 63.0 Å². The highest BCUT2D eigenvalue weighted by Crippen LogP contribution is 2.51. The third-order valence-corrected chi connectivity index (χ3v) is 7.60. The highest BCUT2D eigenvalue weighted by Gasteiger charge is 2.53. The molecular weight excluding hydrogens is 457 g/mol. The number of likely N-dealkylation sites (tertiary alicyclic amines) is 1. The number of carbonyl (C=O) groups is 2. The van der Waals surface area contributed by atoms with E-state index in [0.717, 1.165) is 36.2 Å². The number of hydrogen-bond donors (Lipinski definition) is 1. The summed E-state index contributed by atoms with van der Waals surface area (Å²) in [4.78, 5) is 31.2. The molecular formula is C26H31Cl2N3O2. The maximum atomic E-state index is 13.6. The number of halogens is 2. The fourth-order valence-electron chi connectivity index (χ4n) is 4.73. The summed E-state index contributed by atoms with van der Waals surface area (Å²) in [7, 11) is 3.92. The standard InChI is InChI=1S/C26H31Cl2N3O2/c1-17-4-6-18(7-5-17)14-23(24(32)31(3)20-10-13-30(2)16-20)29-25(33)26(11-12-26)21-9-8-19(27)15-22(21)28/h4-9,15,20,23H,10-14,16H2,1-3H3,(H,29,33). The molecule has 1 heterocycles. The lowest BCUT2D eigenvalue weighted by molar-refractivity contribution is -0.137. The third kappa shape index (κ3) is 5.21. The van der Waals surface area contributed by atoms with Crippen LogP contribution in [0.15, 0.2) is 42.5 Å². The zero-order valence-corrected chi connectivity index (χ0v) is 20.9. The molecule has 2 aromatic carbocycles. The van der Waals surface area contributed by atoms with E-state index in [2.05, 4.69) is 17.3 Å². The Morgan fingerprint density at radius 1 is 1.18 bits per heavy atom. The molecule has 176 valence electrons. The van der Waals surface area contributed by atoms with Gasteiger partial charge in [-0.25, -0.2) is 0 Å². The topological polar surface area (TPSA) is 52.7 Å². The molecule has 4 rings (SSSR count). The molecule has 2 aliphatic rings. The van der Waals surface area contributed by atoms with E-state index in [0.29, 0.717) is 29.3 Å². The summed E-state index contributed by atoms with van der Waals surface area (Å²) < 4.78 is 0. The molecule has 2 atom stereocenters. The van der Waals surface area contributed by atoms with E-state index in [4.69, 9.17) is 23.2 Å². The van der Waals surface area contributed by atoms with Crippen molar-refractivity contribution in [1.82, 2.24) is 15.1 Å². The van der Waals surface area contributed by atoms with Gasteiger partial charge in [0.25, 0.3) is 0 Å². The number of nitrogens with one attached hydrogen (secondary N) is 1. The molecule has 7 heteroatoms. The van der Waals surface area contributed by atoms with Gasteiger partial charge in [0.15, 0.2) is 0 Å². The monoisotopic (exact) mass is 487 g/mol. The second-order valence-electron chi connectivity index (χ2n) is 9.58. The maximum absolute atomic E-state index is 13.6. The minimum atomic E-state index is -0.695. The Morgan fingerprint density at radius 2 is 1.88 bits per heavy atom. The smallest absolute Gasteiger partial charge is 0.245 e. The number of aryl methyl sites for hydroxylation is 1. The highest BCUT2D eigenvalue weighted by molar-refractivity contribution is 6.35. The van der Waals surface area contributed by atoms with Crippen LogP contribution in [0.25, 0.3) is 0 Å². The van der Waals surface area contributed by atoms with E-state index in [1.807, 2.05) is 49.2 Å². The molecule has 1 N–H and O–H groups in total.